The minimum atomic E-state index is -0.590. The van der Waals surface area contributed by atoms with Crippen LogP contribution in [0.25, 0.3) is 0 Å². The SMILES string of the molecule is C=C(C)O/C=C(\N)C(=O)Nc1cccc(C2(C)COCC(N)=N2)c1. The quantitative estimate of drug-likeness (QED) is 0.560. The van der Waals surface area contributed by atoms with E-state index in [0.29, 0.717) is 30.5 Å². The van der Waals surface area contributed by atoms with Gasteiger partial charge >= 0.3 is 0 Å². The number of nitrogens with two attached hydrogens (primary N) is 2. The van der Waals surface area contributed by atoms with Crippen LogP contribution in [0.3, 0.4) is 0 Å². The van der Waals surface area contributed by atoms with Gasteiger partial charge in [0, 0.05) is 5.69 Å². The zero-order valence-electron chi connectivity index (χ0n) is 13.8. The number of amidine groups is 1. The van der Waals surface area contributed by atoms with E-state index in [1.54, 1.807) is 13.0 Å². The summed E-state index contributed by atoms with van der Waals surface area (Å²) >= 11 is 0. The van der Waals surface area contributed by atoms with Crippen molar-refractivity contribution < 1.29 is 14.3 Å². The number of aliphatic imine (C=N–C) groups is 1. The van der Waals surface area contributed by atoms with Gasteiger partial charge in [-0.05, 0) is 31.5 Å². The molecule has 7 nitrogen and oxygen atoms in total. The molecule has 0 spiro atoms. The fourth-order valence-corrected chi connectivity index (χ4v) is 2.24. The second-order valence-corrected chi connectivity index (χ2v) is 5.80. The number of hydrogen-bond acceptors (Lipinski definition) is 6. The first kappa shape index (κ1) is 17.6. The van der Waals surface area contributed by atoms with Crippen molar-refractivity contribution in [1.82, 2.24) is 0 Å². The summed E-state index contributed by atoms with van der Waals surface area (Å²) < 4.78 is 10.5. The Hall–Kier alpha value is -2.80. The van der Waals surface area contributed by atoms with Gasteiger partial charge in [-0.25, -0.2) is 0 Å². The van der Waals surface area contributed by atoms with Gasteiger partial charge in [0.05, 0.1) is 12.4 Å². The first-order valence-electron chi connectivity index (χ1n) is 7.42. The number of rotatable bonds is 5. The van der Waals surface area contributed by atoms with E-state index in [-0.39, 0.29) is 5.70 Å². The Morgan fingerprint density at radius 1 is 1.54 bits per heavy atom. The van der Waals surface area contributed by atoms with Gasteiger partial charge in [0.2, 0.25) is 0 Å². The molecular formula is C17H22N4O3. The van der Waals surface area contributed by atoms with Crippen molar-refractivity contribution in [3.05, 3.63) is 54.1 Å². The highest BCUT2D eigenvalue weighted by molar-refractivity contribution is 6.02. The number of carbonyl (C=O) groups excluding carboxylic acids is 1. The van der Waals surface area contributed by atoms with Crippen LogP contribution in [-0.2, 0) is 19.8 Å². The third-order valence-electron chi connectivity index (χ3n) is 3.42. The van der Waals surface area contributed by atoms with E-state index in [2.05, 4.69) is 16.9 Å². The number of ether oxygens (including phenoxy) is 2. The molecule has 1 heterocycles. The lowest BCUT2D eigenvalue weighted by atomic mass is 9.92. The minimum absolute atomic E-state index is 0.0575. The van der Waals surface area contributed by atoms with Crippen molar-refractivity contribution in [1.29, 1.82) is 0 Å². The van der Waals surface area contributed by atoms with Crippen LogP contribution >= 0.6 is 0 Å². The Kier molecular flexibility index (Phi) is 5.25. The number of amides is 1. The molecule has 128 valence electrons. The molecule has 0 aliphatic carbocycles. The lowest BCUT2D eigenvalue weighted by Gasteiger charge is -2.30. The molecule has 1 amide bonds. The summed E-state index contributed by atoms with van der Waals surface area (Å²) in [6.45, 7) is 7.89. The molecule has 1 aromatic rings. The van der Waals surface area contributed by atoms with Gasteiger partial charge < -0.3 is 26.3 Å². The van der Waals surface area contributed by atoms with Crippen LogP contribution in [-0.4, -0.2) is 25.0 Å². The van der Waals surface area contributed by atoms with E-state index in [0.717, 1.165) is 11.8 Å². The highest BCUT2D eigenvalue weighted by atomic mass is 16.5. The van der Waals surface area contributed by atoms with Crippen LogP contribution in [0.2, 0.25) is 0 Å². The lowest BCUT2D eigenvalue weighted by Crippen LogP contribution is -2.37. The number of allylic oxidation sites excluding steroid dienone is 1. The van der Waals surface area contributed by atoms with E-state index in [4.69, 9.17) is 20.9 Å². The number of nitrogens with one attached hydrogen (secondary N) is 1. The topological polar surface area (TPSA) is 112 Å². The van der Waals surface area contributed by atoms with Crippen molar-refractivity contribution >= 4 is 17.4 Å². The fourth-order valence-electron chi connectivity index (χ4n) is 2.24. The van der Waals surface area contributed by atoms with Crippen molar-refractivity contribution in [3.8, 4) is 0 Å². The van der Waals surface area contributed by atoms with Crippen LogP contribution in [0.1, 0.15) is 19.4 Å². The molecule has 0 saturated heterocycles. The molecule has 0 bridgehead atoms. The molecule has 5 N–H and O–H groups in total. The van der Waals surface area contributed by atoms with Crippen LogP contribution in [0.4, 0.5) is 5.69 Å². The van der Waals surface area contributed by atoms with Crippen molar-refractivity contribution in [2.24, 2.45) is 16.5 Å². The number of anilines is 1. The third kappa shape index (κ3) is 4.36. The predicted molar refractivity (Wildman–Crippen MR) is 93.0 cm³/mol. The highest BCUT2D eigenvalue weighted by Crippen LogP contribution is 2.29. The number of carbonyl (C=O) groups is 1. The molecule has 0 saturated carbocycles. The molecule has 0 fully saturated rings. The molecule has 1 aliphatic heterocycles. The molecule has 7 heteroatoms. The van der Waals surface area contributed by atoms with Gasteiger partial charge in [0.15, 0.2) is 0 Å². The highest BCUT2D eigenvalue weighted by Gasteiger charge is 2.30. The van der Waals surface area contributed by atoms with E-state index < -0.39 is 11.4 Å². The maximum absolute atomic E-state index is 12.1. The van der Waals surface area contributed by atoms with Gasteiger partial charge in [-0.15, -0.1) is 0 Å². The summed E-state index contributed by atoms with van der Waals surface area (Å²) in [4.78, 5) is 16.5. The standard InChI is InChI=1S/C17H22N4O3/c1-11(2)24-8-14(18)16(22)20-13-6-4-5-12(7-13)17(3)10-23-9-15(19)21-17/h4-8H,1,9-10,18H2,2-3H3,(H2,19,21)(H,20,22)/b14-8-. The zero-order chi connectivity index (χ0) is 17.7. The molecule has 1 aliphatic rings. The third-order valence-corrected chi connectivity index (χ3v) is 3.42. The average Bonchev–Trinajstić information content (AvgIpc) is 2.52. The normalized spacial score (nSPS) is 20.9. The Morgan fingerprint density at radius 2 is 2.29 bits per heavy atom. The molecule has 0 radical (unpaired) electrons. The second kappa shape index (κ2) is 7.18. The fraction of sp³-hybridized carbons (Fsp3) is 0.294. The molecule has 2 rings (SSSR count). The molecule has 1 unspecified atom stereocenters. The van der Waals surface area contributed by atoms with Gasteiger partial charge in [-0.3, -0.25) is 9.79 Å². The van der Waals surface area contributed by atoms with Gasteiger partial charge in [0.1, 0.15) is 29.9 Å². The monoisotopic (exact) mass is 330 g/mol. The van der Waals surface area contributed by atoms with Gasteiger partial charge in [0.25, 0.3) is 5.91 Å². The largest absolute Gasteiger partial charge is 0.468 e. The minimum Gasteiger partial charge on any atom is -0.468 e. The van der Waals surface area contributed by atoms with Crippen molar-refractivity contribution in [3.63, 3.8) is 0 Å². The van der Waals surface area contributed by atoms with Gasteiger partial charge in [-0.1, -0.05) is 18.7 Å². The van der Waals surface area contributed by atoms with Crippen LogP contribution in [0.5, 0.6) is 0 Å². The Labute approximate surface area is 141 Å². The molecule has 1 atom stereocenters. The molecular weight excluding hydrogens is 308 g/mol. The summed E-state index contributed by atoms with van der Waals surface area (Å²) in [5, 5.41) is 2.71. The number of benzene rings is 1. The Bertz CT molecular complexity index is 712. The van der Waals surface area contributed by atoms with Crippen LogP contribution in [0, 0.1) is 0 Å². The first-order chi connectivity index (χ1) is 11.3. The zero-order valence-corrected chi connectivity index (χ0v) is 13.8. The van der Waals surface area contributed by atoms with E-state index in [9.17, 15) is 4.79 Å². The summed E-state index contributed by atoms with van der Waals surface area (Å²) in [6, 6.07) is 7.30. The van der Waals surface area contributed by atoms with E-state index in [1.807, 2.05) is 25.1 Å². The predicted octanol–water partition coefficient (Wildman–Crippen LogP) is 1.58. The number of nitrogens with zero attached hydrogens (tertiary/aromatic N) is 1. The average molecular weight is 330 g/mol. The first-order valence-corrected chi connectivity index (χ1v) is 7.42. The van der Waals surface area contributed by atoms with Crippen LogP contribution < -0.4 is 16.8 Å². The van der Waals surface area contributed by atoms with E-state index >= 15 is 0 Å². The summed E-state index contributed by atoms with van der Waals surface area (Å²) in [7, 11) is 0. The molecule has 24 heavy (non-hydrogen) atoms. The molecule has 1 aromatic carbocycles. The van der Waals surface area contributed by atoms with Gasteiger partial charge in [-0.2, -0.15) is 0 Å². The summed E-state index contributed by atoms with van der Waals surface area (Å²) in [5.41, 5.74) is 12.3. The smallest absolute Gasteiger partial charge is 0.274 e. The summed E-state index contributed by atoms with van der Waals surface area (Å²) in [5.74, 6) is 0.414. The number of hydrogen-bond donors (Lipinski definition) is 3. The molecule has 0 aromatic heterocycles. The van der Waals surface area contributed by atoms with Crippen molar-refractivity contribution in [2.45, 2.75) is 19.4 Å². The second-order valence-electron chi connectivity index (χ2n) is 5.80. The van der Waals surface area contributed by atoms with Crippen LogP contribution in [0.15, 0.2) is 53.6 Å². The lowest BCUT2D eigenvalue weighted by molar-refractivity contribution is -0.113. The maximum Gasteiger partial charge on any atom is 0.274 e. The van der Waals surface area contributed by atoms with Crippen molar-refractivity contribution in [2.75, 3.05) is 18.5 Å². The summed E-state index contributed by atoms with van der Waals surface area (Å²) in [6.07, 6.45) is 1.16. The maximum atomic E-state index is 12.1. The Morgan fingerprint density at radius 3 is 2.96 bits per heavy atom. The van der Waals surface area contributed by atoms with E-state index in [1.165, 1.54) is 0 Å². The Balaban J connectivity index is 2.16.